The molecule has 0 spiro atoms. The van der Waals surface area contributed by atoms with Crippen LogP contribution in [0.1, 0.15) is 40.5 Å². The molecule has 2 aromatic carbocycles. The summed E-state index contributed by atoms with van der Waals surface area (Å²) in [5.41, 5.74) is 0.0355. The molecule has 0 radical (unpaired) electrons. The van der Waals surface area contributed by atoms with Crippen LogP contribution in [0.2, 0.25) is 0 Å². The van der Waals surface area contributed by atoms with Gasteiger partial charge in [-0.15, -0.1) is 0 Å². The molecule has 0 aromatic heterocycles. The molecule has 3 aliphatic rings. The van der Waals surface area contributed by atoms with Crippen LogP contribution in [0.25, 0.3) is 0 Å². The molecule has 41 heavy (non-hydrogen) atoms. The Bertz CT molecular complexity index is 1380. The number of carboxylic acids is 1. The number of hydrogen-bond donors (Lipinski definition) is 2. The number of carbonyl (C=O) groups excluding carboxylic acids is 1. The van der Waals surface area contributed by atoms with Crippen molar-refractivity contribution in [2.24, 2.45) is 0 Å². The molecule has 2 N–H and O–H groups in total. The highest BCUT2D eigenvalue weighted by Crippen LogP contribution is 2.50. The molecule has 12 nitrogen and oxygen atoms in total. The van der Waals surface area contributed by atoms with Crippen molar-refractivity contribution in [2.75, 3.05) is 46.1 Å². The van der Waals surface area contributed by atoms with Crippen molar-refractivity contribution in [3.05, 3.63) is 45.2 Å². The van der Waals surface area contributed by atoms with Crippen molar-refractivity contribution in [1.82, 2.24) is 10.2 Å². The standard InChI is InChI=1S/C16H19Br2N3O5.C9H6Br2O4/c1-2-20-5-3-4-9(20)8-19-16(22)10-11(17)12(18)13(21(23)24)15-14(10)25-6-7-26-15;10-4-3-5-8(15-2-1-14-5)6(7(4)11)9(12)13/h9H,2-8H2,1H3,(H,19,22);3H,1-2H2,(H,12,13). The van der Waals surface area contributed by atoms with E-state index in [4.69, 9.17) is 24.1 Å². The molecule has 222 valence electrons. The van der Waals surface area contributed by atoms with E-state index in [0.717, 1.165) is 25.9 Å². The minimum absolute atomic E-state index is 0.0162. The molecule has 16 heteroatoms. The van der Waals surface area contributed by atoms with Crippen molar-refractivity contribution >= 4 is 81.3 Å². The van der Waals surface area contributed by atoms with Gasteiger partial charge in [-0.2, -0.15) is 0 Å². The molecule has 1 amide bonds. The molecule has 3 aliphatic heterocycles. The second kappa shape index (κ2) is 13.9. The predicted molar refractivity (Wildman–Crippen MR) is 162 cm³/mol. The highest BCUT2D eigenvalue weighted by atomic mass is 79.9. The number of rotatable bonds is 6. The number of fused-ring (bicyclic) bond motifs is 2. The van der Waals surface area contributed by atoms with Gasteiger partial charge in [0.1, 0.15) is 42.0 Å². The Morgan fingerprint density at radius 2 is 1.63 bits per heavy atom. The van der Waals surface area contributed by atoms with Gasteiger partial charge in [0.2, 0.25) is 5.75 Å². The highest BCUT2D eigenvalue weighted by Gasteiger charge is 2.36. The average Bonchev–Trinajstić information content (AvgIpc) is 3.41. The van der Waals surface area contributed by atoms with E-state index in [1.807, 2.05) is 0 Å². The van der Waals surface area contributed by atoms with Crippen molar-refractivity contribution in [1.29, 1.82) is 0 Å². The summed E-state index contributed by atoms with van der Waals surface area (Å²) < 4.78 is 23.1. The third kappa shape index (κ3) is 6.76. The summed E-state index contributed by atoms with van der Waals surface area (Å²) >= 11 is 12.9. The number of likely N-dealkylation sites (tertiary alicyclic amines) is 1. The van der Waals surface area contributed by atoms with Crippen LogP contribution < -0.4 is 24.3 Å². The van der Waals surface area contributed by atoms with Gasteiger partial charge < -0.3 is 29.4 Å². The lowest BCUT2D eigenvalue weighted by molar-refractivity contribution is -0.387. The molecule has 1 fully saturated rings. The smallest absolute Gasteiger partial charge is 0.340 e. The molecule has 1 saturated heterocycles. The number of ether oxygens (including phenoxy) is 4. The number of halogens is 4. The molecular weight excluding hydrogens is 806 g/mol. The van der Waals surface area contributed by atoms with E-state index in [2.05, 4.69) is 80.9 Å². The van der Waals surface area contributed by atoms with Gasteiger partial charge in [0.05, 0.1) is 13.9 Å². The second-order valence-electron chi connectivity index (χ2n) is 8.98. The fraction of sp³-hybridized carbons (Fsp3) is 0.440. The van der Waals surface area contributed by atoms with Gasteiger partial charge in [-0.25, -0.2) is 4.79 Å². The summed E-state index contributed by atoms with van der Waals surface area (Å²) in [5, 5.41) is 23.4. The Labute approximate surface area is 268 Å². The number of hydrogen-bond acceptors (Lipinski definition) is 9. The Hall–Kier alpha value is -2.14. The maximum atomic E-state index is 12.8. The van der Waals surface area contributed by atoms with Gasteiger partial charge in [0.25, 0.3) is 5.91 Å². The molecule has 0 bridgehead atoms. The number of carbonyl (C=O) groups is 2. The zero-order valence-electron chi connectivity index (χ0n) is 21.6. The maximum absolute atomic E-state index is 12.8. The number of nitro benzene ring substituents is 1. The fourth-order valence-corrected chi connectivity index (χ4v) is 6.67. The summed E-state index contributed by atoms with van der Waals surface area (Å²) in [4.78, 5) is 37.1. The van der Waals surface area contributed by atoms with E-state index in [9.17, 15) is 19.7 Å². The minimum Gasteiger partial charge on any atom is -0.486 e. The highest BCUT2D eigenvalue weighted by molar-refractivity contribution is 9.13. The van der Waals surface area contributed by atoms with Crippen LogP contribution in [-0.4, -0.2) is 78.9 Å². The van der Waals surface area contributed by atoms with Crippen LogP contribution in [0.5, 0.6) is 23.0 Å². The number of nitrogens with zero attached hydrogens (tertiary/aromatic N) is 2. The van der Waals surface area contributed by atoms with E-state index in [1.54, 1.807) is 6.07 Å². The molecule has 0 aliphatic carbocycles. The Kier molecular flexibility index (Phi) is 10.8. The molecule has 1 unspecified atom stereocenters. The maximum Gasteiger partial charge on any atom is 0.340 e. The van der Waals surface area contributed by atoms with Crippen molar-refractivity contribution in [3.63, 3.8) is 0 Å². The van der Waals surface area contributed by atoms with E-state index in [-0.39, 0.29) is 62.1 Å². The zero-order chi connectivity index (χ0) is 29.8. The van der Waals surface area contributed by atoms with Crippen LogP contribution in [-0.2, 0) is 0 Å². The van der Waals surface area contributed by atoms with Crippen molar-refractivity contribution in [3.8, 4) is 23.0 Å². The lowest BCUT2D eigenvalue weighted by Crippen LogP contribution is -2.40. The number of benzene rings is 2. The van der Waals surface area contributed by atoms with Crippen molar-refractivity contribution < 1.29 is 38.6 Å². The number of aromatic carboxylic acids is 1. The predicted octanol–water partition coefficient (Wildman–Crippen LogP) is 5.79. The Morgan fingerprint density at radius 1 is 1.00 bits per heavy atom. The van der Waals surface area contributed by atoms with Crippen LogP contribution >= 0.6 is 63.7 Å². The molecule has 3 heterocycles. The van der Waals surface area contributed by atoms with Crippen LogP contribution in [0, 0.1) is 10.1 Å². The molecule has 1 atom stereocenters. The molecule has 0 saturated carbocycles. The van der Waals surface area contributed by atoms with Crippen LogP contribution in [0.3, 0.4) is 0 Å². The minimum atomic E-state index is -1.05. The molecule has 5 rings (SSSR count). The third-order valence-corrected chi connectivity index (χ3v) is 10.7. The summed E-state index contributed by atoms with van der Waals surface area (Å²) in [6.07, 6.45) is 2.16. The third-order valence-electron chi connectivity index (χ3n) is 6.60. The number of carboxylic acid groups (broad SMARTS) is 1. The van der Waals surface area contributed by atoms with Crippen LogP contribution in [0.15, 0.2) is 24.0 Å². The van der Waals surface area contributed by atoms with E-state index < -0.39 is 10.9 Å². The normalized spacial score (nSPS) is 17.3. The van der Waals surface area contributed by atoms with Gasteiger partial charge in [-0.3, -0.25) is 19.8 Å². The quantitative estimate of drug-likeness (QED) is 0.271. The van der Waals surface area contributed by atoms with E-state index >= 15 is 0 Å². The molecule has 2 aromatic rings. The van der Waals surface area contributed by atoms with Gasteiger partial charge >= 0.3 is 11.7 Å². The monoisotopic (exact) mass is 827 g/mol. The lowest BCUT2D eigenvalue weighted by Gasteiger charge is -2.25. The number of nitrogens with one attached hydrogen (secondary N) is 1. The number of likely N-dealkylation sites (N-methyl/N-ethyl adjacent to an activating group) is 1. The first-order valence-electron chi connectivity index (χ1n) is 12.5. The first-order chi connectivity index (χ1) is 19.6. The van der Waals surface area contributed by atoms with E-state index in [0.29, 0.717) is 40.5 Å². The topological polar surface area (TPSA) is 150 Å². The average molecular weight is 831 g/mol. The van der Waals surface area contributed by atoms with Gasteiger partial charge in [-0.05, 0) is 95.7 Å². The largest absolute Gasteiger partial charge is 0.486 e. The first-order valence-corrected chi connectivity index (χ1v) is 15.7. The number of amides is 1. The van der Waals surface area contributed by atoms with Gasteiger partial charge in [0, 0.05) is 17.1 Å². The van der Waals surface area contributed by atoms with Crippen LogP contribution in [0.4, 0.5) is 5.69 Å². The fourth-order valence-electron chi connectivity index (χ4n) is 4.72. The lowest BCUT2D eigenvalue weighted by atomic mass is 10.1. The summed E-state index contributed by atoms with van der Waals surface area (Å²) in [7, 11) is 0. The summed E-state index contributed by atoms with van der Waals surface area (Å²) in [6.45, 7) is 5.81. The first kappa shape index (κ1) is 31.8. The summed E-state index contributed by atoms with van der Waals surface area (Å²) in [6, 6.07) is 1.99. The number of nitro groups is 1. The Balaban J connectivity index is 0.000000218. The SMILES string of the molecule is CCN1CCCC1CNC(=O)c1c(Br)c(Br)c([N+](=O)[O-])c2c1OCCO2.O=C(O)c1c(Br)c(Br)cc2c1OCCO2. The van der Waals surface area contributed by atoms with E-state index in [1.165, 1.54) is 0 Å². The van der Waals surface area contributed by atoms with Gasteiger partial charge in [-0.1, -0.05) is 6.92 Å². The zero-order valence-corrected chi connectivity index (χ0v) is 28.0. The van der Waals surface area contributed by atoms with Gasteiger partial charge in [0.15, 0.2) is 17.2 Å². The second-order valence-corrected chi connectivity index (χ2v) is 12.2. The molecular formula is C25H25Br4N3O9. The summed E-state index contributed by atoms with van der Waals surface area (Å²) in [5.74, 6) is -0.577. The Morgan fingerprint density at radius 3 is 2.27 bits per heavy atom. The van der Waals surface area contributed by atoms with Crippen molar-refractivity contribution in [2.45, 2.75) is 25.8 Å².